The number of esters is 1. The van der Waals surface area contributed by atoms with E-state index in [-0.39, 0.29) is 92.1 Å². The number of ether oxygens (including phenoxy) is 8. The second kappa shape index (κ2) is 47.0. The monoisotopic (exact) mass is 1790 g/mol. The molecule has 0 aliphatic heterocycles. The van der Waals surface area contributed by atoms with Crippen LogP contribution in [0, 0.1) is 63.2 Å². The van der Waals surface area contributed by atoms with E-state index < -0.39 is 42.2 Å². The van der Waals surface area contributed by atoms with E-state index in [0.29, 0.717) is 186 Å². The molecular formula is C90H123N19O20. The summed E-state index contributed by atoms with van der Waals surface area (Å²) in [5.41, 5.74) is 10.2. The topological polar surface area (TPSA) is 502 Å². The number of pyridine rings is 4. The van der Waals surface area contributed by atoms with Gasteiger partial charge < -0.3 is 74.3 Å². The number of carbonyl (C=O) groups excluding carboxylic acids is 4. The van der Waals surface area contributed by atoms with Crippen LogP contribution in [0.4, 0.5) is 14.4 Å². The maximum absolute atomic E-state index is 12.3. The SMILES string of the molecule is CCCCOC(=O)NCc1c(-c2ccc(O[C@H]3CCC[C@H](C(=O)O)C3)c(C)n2)nnn1C.Cc1nc(-c2nnn(C)c2CC(=O)OCCC2CC2)ccc1O[C@H]1CCC[C@H](C(=O)O)C1.Cc1nc(-c2nnn(C)c2CNC(=O)OC2CCCC2)ccc1O[C@H]1CCC[C@H](C(=O)O)C1.Cc1nc(-c2nnn(C)c2CNC(=O)OCC(C)C)ccc1O[C@H]1CCC[C@H](C(=O)O)C1. The largest absolute Gasteiger partial charge is 0.489 e. The highest BCUT2D eigenvalue weighted by molar-refractivity contribution is 5.76. The second-order valence-electron chi connectivity index (χ2n) is 34.4. The van der Waals surface area contributed by atoms with Crippen molar-refractivity contribution in [3.05, 3.63) is 94.1 Å². The lowest BCUT2D eigenvalue weighted by Crippen LogP contribution is -2.29. The number of hydrogen-bond acceptors (Lipinski definition) is 28. The molecule has 0 aromatic carbocycles. The first kappa shape index (κ1) is 97.1. The van der Waals surface area contributed by atoms with Crippen LogP contribution in [0.15, 0.2) is 48.5 Å². The van der Waals surface area contributed by atoms with Crippen LogP contribution >= 0.6 is 0 Å². The van der Waals surface area contributed by atoms with Crippen molar-refractivity contribution < 1.29 is 96.7 Å². The predicted octanol–water partition coefficient (Wildman–Crippen LogP) is 12.8. The number of hydrogen-bond donors (Lipinski definition) is 7. The minimum atomic E-state index is -0.764. The molecule has 7 N–H and O–H groups in total. The molecule has 8 heterocycles. The molecule has 698 valence electrons. The number of nitrogens with one attached hydrogen (secondary N) is 3. The molecule has 8 aromatic heterocycles. The number of carboxylic acids is 4. The predicted molar refractivity (Wildman–Crippen MR) is 466 cm³/mol. The average Bonchev–Trinajstić information content (AvgIpc) is 1.72. The van der Waals surface area contributed by atoms with E-state index in [1.54, 1.807) is 65.1 Å². The van der Waals surface area contributed by atoms with Gasteiger partial charge in [-0.1, -0.05) is 60.9 Å². The molecule has 14 rings (SSSR count). The molecule has 0 spiro atoms. The van der Waals surface area contributed by atoms with E-state index in [9.17, 15) is 58.8 Å². The van der Waals surface area contributed by atoms with E-state index in [2.05, 4.69) is 77.1 Å². The van der Waals surface area contributed by atoms with E-state index in [1.807, 2.05) is 78.8 Å². The fourth-order valence-corrected chi connectivity index (χ4v) is 16.2. The Morgan fingerprint density at radius 2 is 0.713 bits per heavy atom. The average molecular weight is 1790 g/mol. The fraction of sp³-hybridized carbons (Fsp3) is 0.600. The summed E-state index contributed by atoms with van der Waals surface area (Å²) in [6.45, 7) is 15.2. The Morgan fingerprint density at radius 3 is 1.03 bits per heavy atom. The van der Waals surface area contributed by atoms with Gasteiger partial charge in [0, 0.05) is 28.2 Å². The first-order chi connectivity index (χ1) is 61.9. The summed E-state index contributed by atoms with van der Waals surface area (Å²) in [5.74, 6) is -1.26. The zero-order valence-electron chi connectivity index (χ0n) is 75.6. The number of nitrogens with zero attached hydrogens (tertiary/aromatic N) is 16. The minimum Gasteiger partial charge on any atom is -0.489 e. The van der Waals surface area contributed by atoms with Crippen LogP contribution < -0.4 is 34.9 Å². The Kier molecular flexibility index (Phi) is 35.4. The summed E-state index contributed by atoms with van der Waals surface area (Å²) in [4.78, 5) is 112. The Labute approximate surface area is 749 Å². The van der Waals surface area contributed by atoms with Crippen molar-refractivity contribution in [1.82, 2.24) is 95.9 Å². The third kappa shape index (κ3) is 28.5. The van der Waals surface area contributed by atoms with Crippen LogP contribution in [-0.4, -0.2) is 199 Å². The highest BCUT2D eigenvalue weighted by atomic mass is 16.6. The number of aryl methyl sites for hydroxylation is 8. The van der Waals surface area contributed by atoms with Crippen LogP contribution in [0.5, 0.6) is 23.0 Å². The van der Waals surface area contributed by atoms with Crippen molar-refractivity contribution in [3.63, 3.8) is 0 Å². The van der Waals surface area contributed by atoms with Crippen LogP contribution in [0.25, 0.3) is 45.6 Å². The zero-order chi connectivity index (χ0) is 92.4. The highest BCUT2D eigenvalue weighted by Crippen LogP contribution is 2.38. The first-order valence-electron chi connectivity index (χ1n) is 44.9. The highest BCUT2D eigenvalue weighted by Gasteiger charge is 2.35. The molecule has 6 fully saturated rings. The number of alkyl carbamates (subject to hydrolysis) is 3. The van der Waals surface area contributed by atoms with Gasteiger partial charge in [0.05, 0.1) is 162 Å². The van der Waals surface area contributed by atoms with Crippen molar-refractivity contribution in [1.29, 1.82) is 0 Å². The molecule has 8 aromatic rings. The number of aliphatic carboxylic acids is 4. The van der Waals surface area contributed by atoms with Crippen LogP contribution in [0.3, 0.4) is 0 Å². The molecule has 6 saturated carbocycles. The number of unbranched alkanes of at least 4 members (excludes halogenated alkanes) is 1. The van der Waals surface area contributed by atoms with Gasteiger partial charge in [0.15, 0.2) is 0 Å². The van der Waals surface area contributed by atoms with Crippen molar-refractivity contribution in [2.75, 3.05) is 19.8 Å². The van der Waals surface area contributed by atoms with E-state index in [0.717, 1.165) is 102 Å². The summed E-state index contributed by atoms with van der Waals surface area (Å²) in [6.07, 6.45) is 18.8. The first-order valence-corrected chi connectivity index (χ1v) is 44.9. The molecule has 3 amide bonds. The van der Waals surface area contributed by atoms with Gasteiger partial charge in [0.1, 0.15) is 51.9 Å². The molecule has 39 nitrogen and oxygen atoms in total. The molecule has 129 heavy (non-hydrogen) atoms. The van der Waals surface area contributed by atoms with Gasteiger partial charge in [-0.2, -0.15) is 0 Å². The molecule has 0 bridgehead atoms. The number of rotatable bonds is 33. The third-order valence-electron chi connectivity index (χ3n) is 23.8. The smallest absolute Gasteiger partial charge is 0.407 e. The Balaban J connectivity index is 0.000000166. The van der Waals surface area contributed by atoms with Crippen LogP contribution in [0.2, 0.25) is 0 Å². The van der Waals surface area contributed by atoms with Gasteiger partial charge in [0.25, 0.3) is 0 Å². The number of aromatic nitrogens is 16. The Hall–Kier alpha value is -12.5. The Morgan fingerprint density at radius 1 is 0.395 bits per heavy atom. The summed E-state index contributed by atoms with van der Waals surface area (Å²) in [7, 11) is 7.01. The molecule has 6 aliphatic carbocycles. The third-order valence-corrected chi connectivity index (χ3v) is 23.8. The van der Waals surface area contributed by atoms with Crippen molar-refractivity contribution >= 4 is 48.1 Å². The number of amides is 3. The van der Waals surface area contributed by atoms with Crippen molar-refractivity contribution in [2.24, 2.45) is 63.7 Å². The summed E-state index contributed by atoms with van der Waals surface area (Å²) < 4.78 is 51.8. The molecule has 0 radical (unpaired) electrons. The molecule has 39 heteroatoms. The van der Waals surface area contributed by atoms with Crippen LogP contribution in [0.1, 0.15) is 227 Å². The summed E-state index contributed by atoms with van der Waals surface area (Å²) in [5, 5.41) is 78.5. The van der Waals surface area contributed by atoms with Crippen LogP contribution in [-0.2, 0) is 97.2 Å². The Bertz CT molecular complexity index is 5130. The van der Waals surface area contributed by atoms with Gasteiger partial charge in [-0.3, -0.25) is 28.7 Å². The van der Waals surface area contributed by atoms with E-state index in [4.69, 9.17) is 37.9 Å². The fourth-order valence-electron chi connectivity index (χ4n) is 16.2. The van der Waals surface area contributed by atoms with Gasteiger partial charge in [-0.15, -0.1) is 20.4 Å². The maximum atomic E-state index is 12.3. The van der Waals surface area contributed by atoms with E-state index >= 15 is 0 Å². The molecule has 6 aliphatic rings. The number of carbonyl (C=O) groups is 8. The van der Waals surface area contributed by atoms with Gasteiger partial charge in [0.2, 0.25) is 0 Å². The molecule has 0 unspecified atom stereocenters. The lowest BCUT2D eigenvalue weighted by atomic mass is 9.87. The van der Waals surface area contributed by atoms with Crippen molar-refractivity contribution in [3.8, 4) is 68.5 Å². The summed E-state index contributed by atoms with van der Waals surface area (Å²) in [6, 6.07) is 14.5. The lowest BCUT2D eigenvalue weighted by Gasteiger charge is -2.27. The molecule has 8 atom stereocenters. The minimum absolute atomic E-state index is 0.000866. The summed E-state index contributed by atoms with van der Waals surface area (Å²) >= 11 is 0. The number of carboxylic acid groups (broad SMARTS) is 4. The lowest BCUT2D eigenvalue weighted by molar-refractivity contribution is -0.144. The van der Waals surface area contributed by atoms with Gasteiger partial charge in [-0.25, -0.2) is 48.4 Å². The normalized spacial score (nSPS) is 19.6. The molecule has 0 saturated heterocycles. The maximum Gasteiger partial charge on any atom is 0.407 e. The quantitative estimate of drug-likeness (QED) is 0.0114. The standard InChI is InChI=1S/C23H31N5O5.C23H30N4O5.2C22H31N5O5/c1-14-20(32-17-9-5-6-15(12-17)22(29)30)11-10-18(25-14)21-19(28(2)27-26-21)13-24-23(31)33-16-7-3-4-8-16;1-14-20(32-17-5-3-4-16(12-17)23(29)30)9-8-18(24-14)22-19(27(2)26-25-22)13-21(28)31-11-10-15-6-7-15;1-13(2)12-31-22(30)23-11-18-20(25-26-27(18)4)17-8-9-19(14(3)24-17)32-16-7-5-6-15(10-16)21(28)29;1-4-5-11-31-22(30)23-13-18-20(25-26-27(18)3)17-9-10-19(14(2)24-17)32-16-8-6-7-15(12-16)21(28)29/h10-11,15-17H,3-9,12-13H2,1-2H3,(H,24,31)(H,29,30);8-9,15-17H,3-7,10-13H2,1-2H3,(H,29,30);8-9,13,15-16H,5-7,10-12H2,1-4H3,(H,23,30)(H,28,29);9-10,15-16H,4-8,11-13H2,1-3H3,(H,23,30)(H,28,29)/t15-,17-;16-,17-;2*15-,16-/m0000/s1. The van der Waals surface area contributed by atoms with E-state index in [1.165, 1.54) is 12.8 Å². The van der Waals surface area contributed by atoms with Gasteiger partial charge in [-0.05, 0) is 229 Å². The van der Waals surface area contributed by atoms with Crippen molar-refractivity contribution in [2.45, 2.75) is 266 Å². The molecular weight excluding hydrogens is 1670 g/mol. The van der Waals surface area contributed by atoms with Gasteiger partial charge >= 0.3 is 48.1 Å². The zero-order valence-corrected chi connectivity index (χ0v) is 75.6. The second-order valence-corrected chi connectivity index (χ2v) is 34.4.